The molecule has 0 spiro atoms. The minimum Gasteiger partial charge on any atom is -0.396 e. The number of aryl methyl sites for hydroxylation is 1. The van der Waals surface area contributed by atoms with Crippen molar-refractivity contribution in [3.63, 3.8) is 0 Å². The lowest BCUT2D eigenvalue weighted by Crippen LogP contribution is -2.65. The number of alkyl halides is 1. The second-order valence-electron chi connectivity index (χ2n) is 10.2. The van der Waals surface area contributed by atoms with E-state index in [-0.39, 0.29) is 12.5 Å². The van der Waals surface area contributed by atoms with Crippen molar-refractivity contribution < 1.29 is 38.4 Å². The number of carbonyl (C=O) groups is 1. The minimum absolute atomic E-state index is 0.226. The summed E-state index contributed by atoms with van der Waals surface area (Å²) in [5.41, 5.74) is -0.789. The van der Waals surface area contributed by atoms with E-state index in [1.54, 1.807) is 27.2 Å². The Morgan fingerprint density at radius 1 is 1.21 bits per heavy atom. The van der Waals surface area contributed by atoms with E-state index in [4.69, 9.17) is 29.9 Å². The molecule has 1 amide bonds. The summed E-state index contributed by atoms with van der Waals surface area (Å²) >= 11 is 7.67. The summed E-state index contributed by atoms with van der Waals surface area (Å²) in [5.74, 6) is 0.0682. The van der Waals surface area contributed by atoms with Crippen molar-refractivity contribution in [2.45, 2.75) is 99.8 Å². The Hall–Kier alpha value is -1.12. The Bertz CT molecular complexity index is 942. The van der Waals surface area contributed by atoms with Crippen molar-refractivity contribution in [1.29, 1.82) is 0 Å². The fourth-order valence-corrected chi connectivity index (χ4v) is 6.19. The second kappa shape index (κ2) is 14.5. The minimum atomic E-state index is -1.45. The summed E-state index contributed by atoms with van der Waals surface area (Å²) in [4.78, 5) is 27.4. The molecule has 2 aliphatic rings. The monoisotopic (exact) mass is 580 g/mol. The van der Waals surface area contributed by atoms with Crippen LogP contribution in [0.25, 0.3) is 0 Å². The number of amides is 1. The van der Waals surface area contributed by atoms with Crippen LogP contribution in [0.1, 0.15) is 50.5 Å². The molecule has 4 N–H and O–H groups in total. The summed E-state index contributed by atoms with van der Waals surface area (Å²) in [7, 11) is 1.68. The van der Waals surface area contributed by atoms with Crippen molar-refractivity contribution in [3.05, 3.63) is 22.1 Å². The number of halogens is 1. The first-order chi connectivity index (χ1) is 18.1. The number of nitrogens with zero attached hydrogens (tertiary/aromatic N) is 1. The summed E-state index contributed by atoms with van der Waals surface area (Å²) in [5, 5.41) is 33.7. The molecule has 0 aliphatic carbocycles. The Kier molecular flexibility index (Phi) is 12.0. The van der Waals surface area contributed by atoms with Gasteiger partial charge >= 0.3 is 5.82 Å². The zero-order valence-corrected chi connectivity index (χ0v) is 23.9. The first kappa shape index (κ1) is 31.4. The Balaban J connectivity index is 1.80. The third-order valence-corrected chi connectivity index (χ3v) is 8.68. The van der Waals surface area contributed by atoms with E-state index >= 15 is 0 Å². The second-order valence-corrected chi connectivity index (χ2v) is 11.8. The van der Waals surface area contributed by atoms with Crippen LogP contribution in [0.2, 0.25) is 0 Å². The van der Waals surface area contributed by atoms with Gasteiger partial charge in [0.05, 0.1) is 24.0 Å². The highest BCUT2D eigenvalue weighted by molar-refractivity contribution is 7.99. The molecule has 1 aromatic rings. The molecule has 3 heterocycles. The van der Waals surface area contributed by atoms with E-state index in [2.05, 4.69) is 5.32 Å². The summed E-state index contributed by atoms with van der Waals surface area (Å²) in [6.07, 6.45) is 0.692. The lowest BCUT2D eigenvalue weighted by Gasteiger charge is -2.44. The fraction of sp³-hybridized carbons (Fsp3) is 0.840. The van der Waals surface area contributed by atoms with E-state index < -0.39 is 53.1 Å². The molecule has 2 fully saturated rings. The number of carbonyl (C=O) groups excluding carboxylic acids is 1. The Morgan fingerprint density at radius 3 is 2.55 bits per heavy atom. The molecule has 38 heavy (non-hydrogen) atoms. The van der Waals surface area contributed by atoms with E-state index in [1.165, 1.54) is 11.8 Å². The van der Waals surface area contributed by atoms with Gasteiger partial charge in [-0.3, -0.25) is 9.69 Å². The third kappa shape index (κ3) is 7.75. The van der Waals surface area contributed by atoms with Gasteiger partial charge in [0.2, 0.25) is 5.91 Å². The van der Waals surface area contributed by atoms with Gasteiger partial charge in [0.25, 0.3) is 0 Å². The number of thioether (sulfide) groups is 1. The van der Waals surface area contributed by atoms with E-state index in [9.17, 15) is 24.9 Å². The SMILES string of the molecule is COCCCC1CCC(C(=O)NC(C(C)Cl)C2OC(SC)C(O)C(O)C2O)N(Cc2oc(=O)oc2C)CC1. The maximum atomic E-state index is 13.8. The van der Waals surface area contributed by atoms with Crippen LogP contribution >= 0.6 is 23.4 Å². The van der Waals surface area contributed by atoms with Gasteiger partial charge in [-0.25, -0.2) is 4.79 Å². The fourth-order valence-electron chi connectivity index (χ4n) is 5.30. The van der Waals surface area contributed by atoms with Crippen LogP contribution in [-0.4, -0.2) is 100.0 Å². The molecule has 0 saturated carbocycles. The van der Waals surface area contributed by atoms with Gasteiger partial charge in [0, 0.05) is 13.7 Å². The van der Waals surface area contributed by atoms with Crippen LogP contribution in [0.15, 0.2) is 13.6 Å². The Morgan fingerprint density at radius 2 is 1.95 bits per heavy atom. The molecule has 2 aliphatic heterocycles. The number of aliphatic hydroxyl groups excluding tert-OH is 3. The highest BCUT2D eigenvalue weighted by atomic mass is 35.5. The van der Waals surface area contributed by atoms with Gasteiger partial charge in [-0.05, 0) is 64.7 Å². The quantitative estimate of drug-likeness (QED) is 0.220. The average molecular weight is 581 g/mol. The van der Waals surface area contributed by atoms with Crippen molar-refractivity contribution >= 4 is 29.3 Å². The number of hydrogen-bond acceptors (Lipinski definition) is 11. The maximum absolute atomic E-state index is 13.8. The topological polar surface area (TPSA) is 155 Å². The first-order valence-electron chi connectivity index (χ1n) is 13.1. The number of methoxy groups -OCH3 is 1. The zero-order chi connectivity index (χ0) is 28.0. The largest absolute Gasteiger partial charge is 0.519 e. The molecule has 0 bridgehead atoms. The molecule has 9 unspecified atom stereocenters. The molecular weight excluding hydrogens is 540 g/mol. The predicted molar refractivity (Wildman–Crippen MR) is 142 cm³/mol. The van der Waals surface area contributed by atoms with Crippen molar-refractivity contribution in [1.82, 2.24) is 10.2 Å². The standard InChI is InChI=1S/C25H41ClN2O9S/c1-13(26)18(22-20(30)19(29)21(31)24(37-22)38-4)27-23(32)16-8-7-15(6-5-11-34-3)9-10-28(16)12-17-14(2)35-25(33)36-17/h13,15-16,18-22,24,29-31H,5-12H2,1-4H3,(H,27,32). The van der Waals surface area contributed by atoms with Crippen LogP contribution in [-0.2, 0) is 20.8 Å². The molecule has 13 heteroatoms. The number of rotatable bonds is 11. The Labute approximate surface area is 232 Å². The number of likely N-dealkylation sites (tertiary alicyclic amines) is 1. The molecule has 11 nitrogen and oxygen atoms in total. The van der Waals surface area contributed by atoms with Crippen molar-refractivity contribution in [3.8, 4) is 0 Å². The van der Waals surface area contributed by atoms with Crippen LogP contribution in [0, 0.1) is 12.8 Å². The summed E-state index contributed by atoms with van der Waals surface area (Å²) < 4.78 is 21.3. The normalized spacial score (nSPS) is 32.5. The molecule has 218 valence electrons. The molecule has 1 aromatic heterocycles. The van der Waals surface area contributed by atoms with Crippen LogP contribution < -0.4 is 11.1 Å². The van der Waals surface area contributed by atoms with Crippen LogP contribution in [0.5, 0.6) is 0 Å². The van der Waals surface area contributed by atoms with Crippen molar-refractivity contribution in [2.75, 3.05) is 26.5 Å². The van der Waals surface area contributed by atoms with Crippen LogP contribution in [0.4, 0.5) is 0 Å². The maximum Gasteiger partial charge on any atom is 0.519 e. The number of hydrogen-bond donors (Lipinski definition) is 4. The zero-order valence-electron chi connectivity index (χ0n) is 22.4. The van der Waals surface area contributed by atoms with E-state index in [1.807, 2.05) is 4.90 Å². The highest BCUT2D eigenvalue weighted by Gasteiger charge is 2.48. The van der Waals surface area contributed by atoms with Gasteiger partial charge in [0.1, 0.15) is 35.6 Å². The van der Waals surface area contributed by atoms with Gasteiger partial charge in [-0.2, -0.15) is 0 Å². The lowest BCUT2D eigenvalue weighted by atomic mass is 9.92. The van der Waals surface area contributed by atoms with E-state index in [0.717, 1.165) is 25.7 Å². The number of ether oxygens (including phenoxy) is 2. The van der Waals surface area contributed by atoms with Gasteiger partial charge in [-0.1, -0.05) is 0 Å². The molecule has 0 radical (unpaired) electrons. The molecule has 3 rings (SSSR count). The molecular formula is C25H41ClN2O9S. The van der Waals surface area contributed by atoms with Crippen LogP contribution in [0.3, 0.4) is 0 Å². The van der Waals surface area contributed by atoms with E-state index in [0.29, 0.717) is 37.0 Å². The molecule has 9 atom stereocenters. The smallest absolute Gasteiger partial charge is 0.396 e. The highest BCUT2D eigenvalue weighted by Crippen LogP contribution is 2.31. The predicted octanol–water partition coefficient (Wildman–Crippen LogP) is 1.22. The van der Waals surface area contributed by atoms with Crippen molar-refractivity contribution in [2.24, 2.45) is 5.92 Å². The molecule has 0 aromatic carbocycles. The number of aliphatic hydroxyl groups is 3. The summed E-state index contributed by atoms with van der Waals surface area (Å²) in [6, 6.07) is -1.40. The summed E-state index contributed by atoms with van der Waals surface area (Å²) in [6.45, 7) is 4.83. The average Bonchev–Trinajstić information content (AvgIpc) is 3.06. The first-order valence-corrected chi connectivity index (χ1v) is 14.8. The third-order valence-electron chi connectivity index (χ3n) is 7.56. The van der Waals surface area contributed by atoms with Gasteiger partial charge < -0.3 is 38.9 Å². The van der Waals surface area contributed by atoms with Gasteiger partial charge in [-0.15, -0.1) is 23.4 Å². The number of nitrogens with one attached hydrogen (secondary N) is 1. The lowest BCUT2D eigenvalue weighted by molar-refractivity contribution is -0.205. The van der Waals surface area contributed by atoms with Gasteiger partial charge in [0.15, 0.2) is 5.76 Å². The molecule has 2 saturated heterocycles.